The Kier molecular flexibility index (Phi) is 7.32. The summed E-state index contributed by atoms with van der Waals surface area (Å²) in [6.45, 7) is 12.5. The first-order chi connectivity index (χ1) is 11.6. The summed E-state index contributed by atoms with van der Waals surface area (Å²) in [7, 11) is 0. The molecular formula is C19H32O6. The Morgan fingerprint density at radius 2 is 1.20 bits per heavy atom. The SMILES string of the molecule is CCCC(C)(C)COC(=O)C1(C(=O)OCC(C)(C)CCC)OC=CO1. The van der Waals surface area contributed by atoms with Crippen LogP contribution in [0.25, 0.3) is 0 Å². The lowest BCUT2D eigenvalue weighted by Gasteiger charge is -2.29. The fourth-order valence-corrected chi connectivity index (χ4v) is 2.76. The lowest BCUT2D eigenvalue weighted by atomic mass is 9.89. The lowest BCUT2D eigenvalue weighted by Crippen LogP contribution is -2.51. The zero-order valence-electron chi connectivity index (χ0n) is 16.3. The van der Waals surface area contributed by atoms with E-state index in [1.807, 2.05) is 27.7 Å². The van der Waals surface area contributed by atoms with Crippen LogP contribution in [0.5, 0.6) is 0 Å². The average molecular weight is 356 g/mol. The Bertz CT molecular complexity index is 448. The van der Waals surface area contributed by atoms with E-state index in [4.69, 9.17) is 18.9 Å². The van der Waals surface area contributed by atoms with Crippen LogP contribution < -0.4 is 0 Å². The maximum atomic E-state index is 12.5. The number of ether oxygens (including phenoxy) is 4. The van der Waals surface area contributed by atoms with Crippen LogP contribution in [0.4, 0.5) is 0 Å². The molecule has 1 aliphatic rings. The molecule has 144 valence electrons. The highest BCUT2D eigenvalue weighted by Crippen LogP contribution is 2.29. The van der Waals surface area contributed by atoms with E-state index in [0.717, 1.165) is 38.2 Å². The Morgan fingerprint density at radius 1 is 0.840 bits per heavy atom. The van der Waals surface area contributed by atoms with Gasteiger partial charge in [-0.2, -0.15) is 0 Å². The average Bonchev–Trinajstić information content (AvgIpc) is 3.01. The van der Waals surface area contributed by atoms with Gasteiger partial charge in [-0.1, -0.05) is 54.4 Å². The molecule has 0 unspecified atom stereocenters. The Balaban J connectivity index is 2.72. The third kappa shape index (κ3) is 5.94. The molecule has 0 aromatic carbocycles. The largest absolute Gasteiger partial charge is 0.459 e. The topological polar surface area (TPSA) is 71.1 Å². The molecule has 25 heavy (non-hydrogen) atoms. The highest BCUT2D eigenvalue weighted by molar-refractivity contribution is 6.02. The number of hydrogen-bond acceptors (Lipinski definition) is 6. The van der Waals surface area contributed by atoms with Gasteiger partial charge in [-0.25, -0.2) is 9.59 Å². The van der Waals surface area contributed by atoms with Crippen LogP contribution in [-0.4, -0.2) is 30.9 Å². The molecule has 0 bridgehead atoms. The minimum atomic E-state index is -2.19. The summed E-state index contributed by atoms with van der Waals surface area (Å²) < 4.78 is 21.0. The van der Waals surface area contributed by atoms with Crippen molar-refractivity contribution >= 4 is 11.9 Å². The number of hydrogen-bond donors (Lipinski definition) is 0. The highest BCUT2D eigenvalue weighted by atomic mass is 16.8. The van der Waals surface area contributed by atoms with Gasteiger partial charge in [-0.3, -0.25) is 0 Å². The molecule has 6 nitrogen and oxygen atoms in total. The Hall–Kier alpha value is -1.72. The minimum absolute atomic E-state index is 0.169. The van der Waals surface area contributed by atoms with Crippen molar-refractivity contribution in [3.8, 4) is 0 Å². The van der Waals surface area contributed by atoms with Gasteiger partial charge in [-0.05, 0) is 23.7 Å². The molecule has 0 saturated heterocycles. The van der Waals surface area contributed by atoms with Crippen LogP contribution >= 0.6 is 0 Å². The third-order valence-electron chi connectivity index (χ3n) is 4.10. The van der Waals surface area contributed by atoms with E-state index < -0.39 is 17.7 Å². The molecule has 0 aromatic rings. The summed E-state index contributed by atoms with van der Waals surface area (Å²) in [6, 6.07) is 0. The van der Waals surface area contributed by atoms with E-state index in [1.54, 1.807) is 0 Å². The van der Waals surface area contributed by atoms with E-state index in [1.165, 1.54) is 0 Å². The minimum Gasteiger partial charge on any atom is -0.459 e. The van der Waals surface area contributed by atoms with Crippen molar-refractivity contribution in [1.29, 1.82) is 0 Å². The molecule has 0 saturated carbocycles. The Labute approximate surface area is 150 Å². The summed E-state index contributed by atoms with van der Waals surface area (Å²) in [5.41, 5.74) is -0.380. The molecule has 0 radical (unpaired) electrons. The summed E-state index contributed by atoms with van der Waals surface area (Å²) in [5.74, 6) is -3.97. The second-order valence-corrected chi connectivity index (χ2v) is 8.11. The second kappa shape index (κ2) is 8.59. The van der Waals surface area contributed by atoms with Crippen LogP contribution in [0.2, 0.25) is 0 Å². The molecule has 0 aromatic heterocycles. The summed E-state index contributed by atoms with van der Waals surface area (Å²) in [4.78, 5) is 25.0. The van der Waals surface area contributed by atoms with Gasteiger partial charge in [-0.15, -0.1) is 0 Å². The molecule has 1 heterocycles. The number of carbonyl (C=O) groups excluding carboxylic acids is 2. The van der Waals surface area contributed by atoms with Gasteiger partial charge in [0, 0.05) is 0 Å². The van der Waals surface area contributed by atoms with E-state index in [0.29, 0.717) is 0 Å². The van der Waals surface area contributed by atoms with Crippen LogP contribution in [0.1, 0.15) is 67.2 Å². The van der Waals surface area contributed by atoms with Crippen molar-refractivity contribution in [3.05, 3.63) is 12.5 Å². The van der Waals surface area contributed by atoms with Gasteiger partial charge in [0.2, 0.25) is 0 Å². The number of carbonyl (C=O) groups is 2. The first-order valence-corrected chi connectivity index (χ1v) is 8.94. The lowest BCUT2D eigenvalue weighted by molar-refractivity contribution is -0.220. The predicted molar refractivity (Wildman–Crippen MR) is 93.3 cm³/mol. The summed E-state index contributed by atoms with van der Waals surface area (Å²) in [6.07, 6.45) is 6.02. The van der Waals surface area contributed by atoms with Gasteiger partial charge in [0.05, 0.1) is 13.2 Å². The van der Waals surface area contributed by atoms with Gasteiger partial charge in [0.25, 0.3) is 0 Å². The number of esters is 2. The monoisotopic (exact) mass is 356 g/mol. The van der Waals surface area contributed by atoms with E-state index in [9.17, 15) is 9.59 Å². The molecule has 1 aliphatic heterocycles. The zero-order chi connectivity index (χ0) is 19.1. The van der Waals surface area contributed by atoms with Crippen molar-refractivity contribution < 1.29 is 28.5 Å². The maximum Gasteiger partial charge on any atom is 0.452 e. The number of rotatable bonds is 10. The van der Waals surface area contributed by atoms with Crippen molar-refractivity contribution in [2.45, 2.75) is 73.0 Å². The van der Waals surface area contributed by atoms with Crippen LogP contribution in [-0.2, 0) is 28.5 Å². The van der Waals surface area contributed by atoms with E-state index in [2.05, 4.69) is 13.8 Å². The van der Waals surface area contributed by atoms with Crippen molar-refractivity contribution in [2.24, 2.45) is 10.8 Å². The predicted octanol–water partition coefficient (Wildman–Crippen LogP) is 3.94. The molecule has 0 atom stereocenters. The van der Waals surface area contributed by atoms with Gasteiger partial charge < -0.3 is 18.9 Å². The molecule has 0 spiro atoms. The first kappa shape index (κ1) is 21.3. The highest BCUT2D eigenvalue weighted by Gasteiger charge is 2.57. The molecule has 1 rings (SSSR count). The molecule has 0 N–H and O–H groups in total. The Morgan fingerprint density at radius 3 is 1.52 bits per heavy atom. The van der Waals surface area contributed by atoms with Crippen LogP contribution in [0.15, 0.2) is 12.5 Å². The van der Waals surface area contributed by atoms with E-state index in [-0.39, 0.29) is 24.0 Å². The zero-order valence-corrected chi connectivity index (χ0v) is 16.3. The summed E-state index contributed by atoms with van der Waals surface area (Å²) in [5, 5.41) is 0. The molecule has 0 aliphatic carbocycles. The fourth-order valence-electron chi connectivity index (χ4n) is 2.76. The molecule has 6 heteroatoms. The van der Waals surface area contributed by atoms with Crippen molar-refractivity contribution in [1.82, 2.24) is 0 Å². The maximum absolute atomic E-state index is 12.5. The van der Waals surface area contributed by atoms with Crippen LogP contribution in [0, 0.1) is 10.8 Å². The van der Waals surface area contributed by atoms with Crippen LogP contribution in [0.3, 0.4) is 0 Å². The fraction of sp³-hybridized carbons (Fsp3) is 0.789. The normalized spacial score (nSPS) is 16.1. The smallest absolute Gasteiger partial charge is 0.452 e. The molecular weight excluding hydrogens is 324 g/mol. The standard InChI is InChI=1S/C19H32O6/c1-7-9-17(3,4)13-22-15(20)19(24-11-12-25-19)16(21)23-14-18(5,6)10-8-2/h11-12H,7-10,13-14H2,1-6H3. The second-order valence-electron chi connectivity index (χ2n) is 8.11. The molecule has 0 fully saturated rings. The quantitative estimate of drug-likeness (QED) is 0.436. The van der Waals surface area contributed by atoms with E-state index >= 15 is 0 Å². The molecule has 0 amide bonds. The van der Waals surface area contributed by atoms with Gasteiger partial charge in [0.15, 0.2) is 0 Å². The van der Waals surface area contributed by atoms with Crippen molar-refractivity contribution in [2.75, 3.05) is 13.2 Å². The van der Waals surface area contributed by atoms with Gasteiger partial charge in [0.1, 0.15) is 12.5 Å². The first-order valence-electron chi connectivity index (χ1n) is 8.94. The van der Waals surface area contributed by atoms with Gasteiger partial charge >= 0.3 is 17.7 Å². The summed E-state index contributed by atoms with van der Waals surface area (Å²) >= 11 is 0. The van der Waals surface area contributed by atoms with Crippen molar-refractivity contribution in [3.63, 3.8) is 0 Å². The third-order valence-corrected chi connectivity index (χ3v) is 4.10.